The summed E-state index contributed by atoms with van der Waals surface area (Å²) in [5.41, 5.74) is 0.585. The molecule has 1 atom stereocenters. The number of hydrogen-bond donors (Lipinski definition) is 3. The van der Waals surface area contributed by atoms with E-state index in [1.54, 1.807) is 6.92 Å². The Kier molecular flexibility index (Phi) is 3.16. The number of aliphatic hydroxyl groups excluding tert-OH is 1. The number of aliphatic carboxylic acids is 1. The average Bonchev–Trinajstić information content (AvgIpc) is 2.17. The lowest BCUT2D eigenvalue weighted by Gasteiger charge is -2.12. The third-order valence-corrected chi connectivity index (χ3v) is 2.07. The lowest BCUT2D eigenvalue weighted by Crippen LogP contribution is -2.11. The molecular weight excluding hydrogens is 200 g/mol. The lowest BCUT2D eigenvalue weighted by molar-refractivity contribution is -0.147. The van der Waals surface area contributed by atoms with Gasteiger partial charge < -0.3 is 20.1 Å². The molecule has 0 aliphatic rings. The highest BCUT2D eigenvalue weighted by atomic mass is 16.5. The van der Waals surface area contributed by atoms with Crippen molar-refractivity contribution in [3.05, 3.63) is 23.3 Å². The largest absolute Gasteiger partial charge is 0.508 e. The highest BCUT2D eigenvalue weighted by molar-refractivity contribution is 5.75. The fraction of sp³-hybridized carbons (Fsp3) is 0.300. The zero-order valence-corrected chi connectivity index (χ0v) is 8.39. The predicted octanol–water partition coefficient (Wildman–Crippen LogP) is 0.827. The maximum atomic E-state index is 10.5. The van der Waals surface area contributed by atoms with E-state index in [0.29, 0.717) is 11.3 Å². The summed E-state index contributed by atoms with van der Waals surface area (Å²) < 4.78 is 4.96. The molecule has 3 N–H and O–H groups in total. The third-order valence-electron chi connectivity index (χ3n) is 2.07. The zero-order chi connectivity index (χ0) is 11.6. The standard InChI is InChI=1S/C10H12O5/c1-5-3-7(11)6(4-8(5)15-2)9(12)10(13)14/h3-4,9,11-12H,1-2H3,(H,13,14). The Morgan fingerprint density at radius 3 is 2.53 bits per heavy atom. The van der Waals surface area contributed by atoms with Crippen molar-refractivity contribution in [1.29, 1.82) is 0 Å². The molecule has 0 aliphatic carbocycles. The number of benzene rings is 1. The molecule has 1 aromatic rings. The van der Waals surface area contributed by atoms with Crippen molar-refractivity contribution in [3.8, 4) is 11.5 Å². The number of hydrogen-bond acceptors (Lipinski definition) is 4. The van der Waals surface area contributed by atoms with Gasteiger partial charge in [0.2, 0.25) is 0 Å². The van der Waals surface area contributed by atoms with Crippen molar-refractivity contribution in [1.82, 2.24) is 0 Å². The van der Waals surface area contributed by atoms with Gasteiger partial charge in [0.25, 0.3) is 0 Å². The summed E-state index contributed by atoms with van der Waals surface area (Å²) in [7, 11) is 1.43. The van der Waals surface area contributed by atoms with E-state index in [1.165, 1.54) is 19.2 Å². The Balaban J connectivity index is 3.24. The molecule has 0 bridgehead atoms. The summed E-state index contributed by atoms with van der Waals surface area (Å²) in [5.74, 6) is -1.26. The van der Waals surface area contributed by atoms with E-state index in [0.717, 1.165) is 0 Å². The number of aryl methyl sites for hydroxylation is 1. The van der Waals surface area contributed by atoms with Gasteiger partial charge in [0.1, 0.15) is 11.5 Å². The molecule has 0 spiro atoms. The molecule has 0 aliphatic heterocycles. The first-order valence-electron chi connectivity index (χ1n) is 4.25. The number of aliphatic hydroxyl groups is 1. The number of aromatic hydroxyl groups is 1. The molecule has 1 rings (SSSR count). The summed E-state index contributed by atoms with van der Waals surface area (Å²) in [4.78, 5) is 10.5. The number of phenols is 1. The van der Waals surface area contributed by atoms with E-state index in [1.807, 2.05) is 0 Å². The summed E-state index contributed by atoms with van der Waals surface area (Å²) in [6, 6.07) is 2.66. The molecule has 0 fully saturated rings. The van der Waals surface area contributed by atoms with E-state index < -0.39 is 12.1 Å². The number of carboxylic acids is 1. The van der Waals surface area contributed by atoms with Crippen molar-refractivity contribution in [3.63, 3.8) is 0 Å². The summed E-state index contributed by atoms with van der Waals surface area (Å²) in [6.07, 6.45) is -1.75. The Morgan fingerprint density at radius 2 is 2.07 bits per heavy atom. The number of carbonyl (C=O) groups is 1. The Morgan fingerprint density at radius 1 is 1.47 bits per heavy atom. The van der Waals surface area contributed by atoms with Crippen LogP contribution in [-0.2, 0) is 4.79 Å². The summed E-state index contributed by atoms with van der Waals surface area (Å²) >= 11 is 0. The normalized spacial score (nSPS) is 12.2. The van der Waals surface area contributed by atoms with Gasteiger partial charge in [-0.1, -0.05) is 0 Å². The van der Waals surface area contributed by atoms with Crippen LogP contribution in [-0.4, -0.2) is 28.4 Å². The molecule has 15 heavy (non-hydrogen) atoms. The first-order chi connectivity index (χ1) is 6.97. The second-order valence-corrected chi connectivity index (χ2v) is 3.12. The van der Waals surface area contributed by atoms with E-state index in [9.17, 15) is 15.0 Å². The molecule has 82 valence electrons. The van der Waals surface area contributed by atoms with E-state index in [4.69, 9.17) is 9.84 Å². The second kappa shape index (κ2) is 4.18. The van der Waals surface area contributed by atoms with Crippen LogP contribution < -0.4 is 4.74 Å². The quantitative estimate of drug-likeness (QED) is 0.690. The number of phenolic OH excluding ortho intramolecular Hbond substituents is 1. The van der Waals surface area contributed by atoms with Crippen molar-refractivity contribution < 1.29 is 24.9 Å². The van der Waals surface area contributed by atoms with Crippen LogP contribution in [0.4, 0.5) is 0 Å². The van der Waals surface area contributed by atoms with Crippen molar-refractivity contribution >= 4 is 5.97 Å². The van der Waals surface area contributed by atoms with Gasteiger partial charge in [-0.3, -0.25) is 0 Å². The molecule has 0 radical (unpaired) electrons. The minimum Gasteiger partial charge on any atom is -0.508 e. The van der Waals surface area contributed by atoms with E-state index in [2.05, 4.69) is 0 Å². The van der Waals surface area contributed by atoms with Crippen molar-refractivity contribution in [2.24, 2.45) is 0 Å². The van der Waals surface area contributed by atoms with Crippen LogP contribution in [0.25, 0.3) is 0 Å². The van der Waals surface area contributed by atoms with Crippen LogP contribution in [0.1, 0.15) is 17.2 Å². The summed E-state index contributed by atoms with van der Waals surface area (Å²) in [6.45, 7) is 1.70. The second-order valence-electron chi connectivity index (χ2n) is 3.12. The van der Waals surface area contributed by atoms with E-state index >= 15 is 0 Å². The van der Waals surface area contributed by atoms with Gasteiger partial charge in [0, 0.05) is 5.56 Å². The predicted molar refractivity (Wildman–Crippen MR) is 52.0 cm³/mol. The van der Waals surface area contributed by atoms with Crippen LogP contribution in [0.5, 0.6) is 11.5 Å². The number of rotatable bonds is 3. The highest BCUT2D eigenvalue weighted by Gasteiger charge is 2.21. The fourth-order valence-corrected chi connectivity index (χ4v) is 1.26. The SMILES string of the molecule is COc1cc(C(O)C(=O)O)c(O)cc1C. The van der Waals surface area contributed by atoms with Crippen LogP contribution >= 0.6 is 0 Å². The van der Waals surface area contributed by atoms with E-state index in [-0.39, 0.29) is 11.3 Å². The Hall–Kier alpha value is -1.75. The van der Waals surface area contributed by atoms with Crippen LogP contribution in [0.15, 0.2) is 12.1 Å². The molecule has 0 amide bonds. The van der Waals surface area contributed by atoms with Crippen LogP contribution in [0.2, 0.25) is 0 Å². The minimum atomic E-state index is -1.75. The molecule has 0 aromatic heterocycles. The molecule has 1 unspecified atom stereocenters. The molecule has 5 heteroatoms. The summed E-state index contributed by atoms with van der Waals surface area (Å²) in [5, 5.41) is 27.3. The van der Waals surface area contributed by atoms with Gasteiger partial charge in [-0.05, 0) is 24.6 Å². The topological polar surface area (TPSA) is 87.0 Å². The van der Waals surface area contributed by atoms with Gasteiger partial charge >= 0.3 is 5.97 Å². The van der Waals surface area contributed by atoms with Gasteiger partial charge in [-0.2, -0.15) is 0 Å². The number of methoxy groups -OCH3 is 1. The molecule has 1 aromatic carbocycles. The van der Waals surface area contributed by atoms with Crippen LogP contribution in [0, 0.1) is 6.92 Å². The lowest BCUT2D eigenvalue weighted by atomic mass is 10.0. The average molecular weight is 212 g/mol. The van der Waals surface area contributed by atoms with Gasteiger partial charge in [0.15, 0.2) is 6.10 Å². The molecule has 0 saturated heterocycles. The molecular formula is C10H12O5. The highest BCUT2D eigenvalue weighted by Crippen LogP contribution is 2.31. The molecule has 5 nitrogen and oxygen atoms in total. The molecule has 0 saturated carbocycles. The molecule has 0 heterocycles. The maximum absolute atomic E-state index is 10.5. The van der Waals surface area contributed by atoms with Gasteiger partial charge in [-0.25, -0.2) is 4.79 Å². The smallest absolute Gasteiger partial charge is 0.337 e. The van der Waals surface area contributed by atoms with Gasteiger partial charge in [-0.15, -0.1) is 0 Å². The number of carboxylic acid groups (broad SMARTS) is 1. The first kappa shape index (κ1) is 11.3. The zero-order valence-electron chi connectivity index (χ0n) is 8.39. The first-order valence-corrected chi connectivity index (χ1v) is 4.25. The Bertz CT molecular complexity index is 386. The number of ether oxygens (including phenoxy) is 1. The van der Waals surface area contributed by atoms with Crippen LogP contribution in [0.3, 0.4) is 0 Å². The third kappa shape index (κ3) is 2.19. The maximum Gasteiger partial charge on any atom is 0.337 e. The Labute approximate surface area is 86.5 Å². The minimum absolute atomic E-state index is 0.0787. The van der Waals surface area contributed by atoms with Gasteiger partial charge in [0.05, 0.1) is 7.11 Å². The fourth-order valence-electron chi connectivity index (χ4n) is 1.26. The monoisotopic (exact) mass is 212 g/mol. The van der Waals surface area contributed by atoms with Crippen molar-refractivity contribution in [2.45, 2.75) is 13.0 Å². The van der Waals surface area contributed by atoms with Crippen molar-refractivity contribution in [2.75, 3.05) is 7.11 Å².